The summed E-state index contributed by atoms with van der Waals surface area (Å²) in [7, 11) is -2.40. The van der Waals surface area contributed by atoms with Crippen LogP contribution in [-0.2, 0) is 20.9 Å². The third-order valence-corrected chi connectivity index (χ3v) is 8.20. The number of nitrogens with one attached hydrogen (secondary N) is 1. The minimum Gasteiger partial charge on any atom is -0.497 e. The Morgan fingerprint density at radius 3 is 2.35 bits per heavy atom. The van der Waals surface area contributed by atoms with E-state index in [1.807, 2.05) is 9.80 Å². The van der Waals surface area contributed by atoms with Crippen LogP contribution in [0.15, 0.2) is 53.4 Å². The lowest BCUT2D eigenvalue weighted by Gasteiger charge is -2.41. The van der Waals surface area contributed by atoms with Crippen LogP contribution < -0.4 is 14.4 Å². The van der Waals surface area contributed by atoms with Gasteiger partial charge in [0.2, 0.25) is 10.0 Å². The standard InChI is InChI=1S/C24H30F3N3O6S/c1-35-18-5-7-19(8-6-18)37(33,34)28-14-20-22(23(32)21(15-31)36-20)30-11-9-29(10-12-30)17-4-2-3-16(13-17)24(25,26)27/h2-8,13,20-23,28,31-32H,9-12,14-15H2,1H3. The van der Waals surface area contributed by atoms with Crippen molar-refractivity contribution in [1.29, 1.82) is 0 Å². The second-order valence-electron chi connectivity index (χ2n) is 8.98. The largest absolute Gasteiger partial charge is 0.497 e. The summed E-state index contributed by atoms with van der Waals surface area (Å²) in [6, 6.07) is 10.4. The zero-order chi connectivity index (χ0) is 26.8. The second kappa shape index (κ2) is 11.1. The van der Waals surface area contributed by atoms with Crippen molar-refractivity contribution < 1.29 is 41.3 Å². The molecule has 2 heterocycles. The molecule has 2 saturated heterocycles. The Morgan fingerprint density at radius 2 is 1.76 bits per heavy atom. The molecule has 0 radical (unpaired) electrons. The number of halogens is 3. The number of aliphatic hydroxyl groups is 2. The summed E-state index contributed by atoms with van der Waals surface area (Å²) in [6.45, 7) is 1.03. The van der Waals surface area contributed by atoms with Crippen molar-refractivity contribution in [2.75, 3.05) is 51.3 Å². The number of ether oxygens (including phenoxy) is 2. The Kier molecular flexibility index (Phi) is 8.31. The van der Waals surface area contributed by atoms with Crippen molar-refractivity contribution in [2.24, 2.45) is 0 Å². The van der Waals surface area contributed by atoms with Gasteiger partial charge in [0.05, 0.1) is 36.3 Å². The third-order valence-electron chi connectivity index (χ3n) is 6.76. The first-order chi connectivity index (χ1) is 17.5. The molecule has 13 heteroatoms. The molecule has 2 aliphatic heterocycles. The molecule has 4 atom stereocenters. The van der Waals surface area contributed by atoms with E-state index < -0.39 is 52.7 Å². The summed E-state index contributed by atoms with van der Waals surface area (Å²) in [4.78, 5) is 3.80. The molecule has 4 rings (SSSR count). The lowest BCUT2D eigenvalue weighted by Crippen LogP contribution is -2.57. The van der Waals surface area contributed by atoms with Gasteiger partial charge in [-0.05, 0) is 42.5 Å². The second-order valence-corrected chi connectivity index (χ2v) is 10.7. The fourth-order valence-electron chi connectivity index (χ4n) is 4.78. The number of anilines is 1. The van der Waals surface area contributed by atoms with Crippen LogP contribution >= 0.6 is 0 Å². The maximum Gasteiger partial charge on any atom is 0.416 e. The highest BCUT2D eigenvalue weighted by atomic mass is 32.2. The van der Waals surface area contributed by atoms with Crippen molar-refractivity contribution in [3.05, 3.63) is 54.1 Å². The zero-order valence-corrected chi connectivity index (χ0v) is 21.0. The van der Waals surface area contributed by atoms with Crippen LogP contribution in [0.5, 0.6) is 5.75 Å². The molecule has 0 aromatic heterocycles. The summed E-state index contributed by atoms with van der Waals surface area (Å²) < 4.78 is 78.3. The van der Waals surface area contributed by atoms with Crippen molar-refractivity contribution in [3.63, 3.8) is 0 Å². The van der Waals surface area contributed by atoms with E-state index in [2.05, 4.69) is 4.72 Å². The average Bonchev–Trinajstić information content (AvgIpc) is 3.22. The van der Waals surface area contributed by atoms with Crippen LogP contribution in [-0.4, -0.2) is 94.3 Å². The minimum atomic E-state index is -4.44. The quantitative estimate of drug-likeness (QED) is 0.456. The minimum absolute atomic E-state index is 0.0387. The maximum absolute atomic E-state index is 13.1. The fraction of sp³-hybridized carbons (Fsp3) is 0.500. The molecule has 0 bridgehead atoms. The van der Waals surface area contributed by atoms with E-state index >= 15 is 0 Å². The first-order valence-electron chi connectivity index (χ1n) is 11.8. The van der Waals surface area contributed by atoms with Gasteiger partial charge in [-0.2, -0.15) is 13.2 Å². The smallest absolute Gasteiger partial charge is 0.416 e. The highest BCUT2D eigenvalue weighted by Gasteiger charge is 2.47. The molecule has 204 valence electrons. The summed E-state index contributed by atoms with van der Waals surface area (Å²) >= 11 is 0. The molecular weight excluding hydrogens is 515 g/mol. The molecule has 3 N–H and O–H groups in total. The Balaban J connectivity index is 1.42. The number of methoxy groups -OCH3 is 1. The predicted molar refractivity (Wildman–Crippen MR) is 129 cm³/mol. The van der Waals surface area contributed by atoms with Crippen LogP contribution in [0.1, 0.15) is 5.56 Å². The van der Waals surface area contributed by atoms with Crippen LogP contribution in [0.2, 0.25) is 0 Å². The highest BCUT2D eigenvalue weighted by Crippen LogP contribution is 2.33. The molecule has 37 heavy (non-hydrogen) atoms. The topological polar surface area (TPSA) is 112 Å². The Hall–Kier alpha value is -2.42. The molecule has 0 aliphatic carbocycles. The first-order valence-corrected chi connectivity index (χ1v) is 13.3. The van der Waals surface area contributed by atoms with Crippen LogP contribution in [0, 0.1) is 0 Å². The molecule has 0 spiro atoms. The summed E-state index contributed by atoms with van der Waals surface area (Å²) in [5.74, 6) is 0.510. The van der Waals surface area contributed by atoms with Crippen LogP contribution in [0.25, 0.3) is 0 Å². The number of alkyl halides is 3. The molecule has 2 aliphatic rings. The van der Waals surface area contributed by atoms with E-state index in [0.717, 1.165) is 12.1 Å². The SMILES string of the molecule is COc1ccc(S(=O)(=O)NCC2OC(CO)C(O)C2N2CCN(c3cccc(C(F)(F)F)c3)CC2)cc1. The van der Waals surface area contributed by atoms with E-state index in [1.165, 1.54) is 37.4 Å². The van der Waals surface area contributed by atoms with Gasteiger partial charge in [0.15, 0.2) is 0 Å². The van der Waals surface area contributed by atoms with Crippen molar-refractivity contribution in [3.8, 4) is 5.75 Å². The van der Waals surface area contributed by atoms with Gasteiger partial charge < -0.3 is 24.6 Å². The van der Waals surface area contributed by atoms with Crippen molar-refractivity contribution >= 4 is 15.7 Å². The molecule has 4 unspecified atom stereocenters. The maximum atomic E-state index is 13.1. The van der Waals surface area contributed by atoms with Crippen molar-refractivity contribution in [2.45, 2.75) is 35.4 Å². The number of rotatable bonds is 8. The monoisotopic (exact) mass is 545 g/mol. The van der Waals surface area contributed by atoms with Gasteiger partial charge in [-0.15, -0.1) is 0 Å². The number of nitrogens with zero attached hydrogens (tertiary/aromatic N) is 2. The Morgan fingerprint density at radius 1 is 1.08 bits per heavy atom. The van der Waals surface area contributed by atoms with E-state index in [4.69, 9.17) is 9.47 Å². The summed E-state index contributed by atoms with van der Waals surface area (Å²) in [5.41, 5.74) is -0.267. The molecule has 2 aromatic carbocycles. The lowest BCUT2D eigenvalue weighted by molar-refractivity contribution is -0.137. The van der Waals surface area contributed by atoms with Gasteiger partial charge in [-0.25, -0.2) is 13.1 Å². The predicted octanol–water partition coefficient (Wildman–Crippen LogP) is 1.30. The lowest BCUT2D eigenvalue weighted by atomic mass is 10.0. The zero-order valence-electron chi connectivity index (χ0n) is 20.1. The molecule has 2 aromatic rings. The van der Waals surface area contributed by atoms with E-state index in [0.29, 0.717) is 37.6 Å². The first kappa shape index (κ1) is 27.6. The number of sulfonamides is 1. The Labute approximate surface area is 213 Å². The van der Waals surface area contributed by atoms with Gasteiger partial charge >= 0.3 is 6.18 Å². The van der Waals surface area contributed by atoms with Gasteiger partial charge in [-0.1, -0.05) is 6.07 Å². The van der Waals surface area contributed by atoms with E-state index in [1.54, 1.807) is 6.07 Å². The molecule has 9 nitrogen and oxygen atoms in total. The normalized spacial score (nSPS) is 25.4. The van der Waals surface area contributed by atoms with Gasteiger partial charge in [0.25, 0.3) is 0 Å². The summed E-state index contributed by atoms with van der Waals surface area (Å²) in [5, 5.41) is 20.5. The van der Waals surface area contributed by atoms with Crippen LogP contribution in [0.3, 0.4) is 0 Å². The molecular formula is C24H30F3N3O6S. The molecule has 2 fully saturated rings. The van der Waals surface area contributed by atoms with Crippen molar-refractivity contribution in [1.82, 2.24) is 9.62 Å². The number of aliphatic hydroxyl groups excluding tert-OH is 2. The average molecular weight is 546 g/mol. The van der Waals surface area contributed by atoms with E-state index in [-0.39, 0.29) is 11.4 Å². The van der Waals surface area contributed by atoms with E-state index in [9.17, 15) is 31.8 Å². The molecule has 0 amide bonds. The number of hydrogen-bond acceptors (Lipinski definition) is 8. The molecule has 0 saturated carbocycles. The van der Waals surface area contributed by atoms with Gasteiger partial charge in [0.1, 0.15) is 18.0 Å². The van der Waals surface area contributed by atoms with Gasteiger partial charge in [0, 0.05) is 38.4 Å². The summed E-state index contributed by atoms with van der Waals surface area (Å²) in [6.07, 6.45) is -7.14. The fourth-order valence-corrected chi connectivity index (χ4v) is 5.83. The number of piperazine rings is 1. The van der Waals surface area contributed by atoms with Gasteiger partial charge in [-0.3, -0.25) is 4.90 Å². The Bertz CT molecular complexity index is 1160. The van der Waals surface area contributed by atoms with Crippen LogP contribution in [0.4, 0.5) is 18.9 Å². The number of hydrogen-bond donors (Lipinski definition) is 3. The number of benzene rings is 2. The highest BCUT2D eigenvalue weighted by molar-refractivity contribution is 7.89. The third kappa shape index (κ3) is 6.19.